The Morgan fingerprint density at radius 2 is 2.47 bits per heavy atom. The van der Waals surface area contributed by atoms with Crippen molar-refractivity contribution in [1.29, 1.82) is 0 Å². The normalized spacial score (nSPS) is 20.2. The standard InChI is InChI=1S/C10H12ClNO4S/c11-7-5-6(13)9(17-7)10(14)12-16-8-3-1-2-4-15-8/h5,8,13H,1-4H2,(H,12,14). The van der Waals surface area contributed by atoms with Crippen LogP contribution in [-0.2, 0) is 9.57 Å². The highest BCUT2D eigenvalue weighted by atomic mass is 35.5. The van der Waals surface area contributed by atoms with Gasteiger partial charge in [-0.05, 0) is 12.8 Å². The molecule has 0 bridgehead atoms. The molecule has 1 aliphatic heterocycles. The van der Waals surface area contributed by atoms with Crippen LogP contribution in [0, 0.1) is 0 Å². The van der Waals surface area contributed by atoms with Crippen molar-refractivity contribution in [3.63, 3.8) is 0 Å². The maximum absolute atomic E-state index is 11.6. The van der Waals surface area contributed by atoms with Crippen molar-refractivity contribution in [2.75, 3.05) is 6.61 Å². The van der Waals surface area contributed by atoms with Crippen LogP contribution in [0.5, 0.6) is 5.75 Å². The van der Waals surface area contributed by atoms with Gasteiger partial charge in [-0.15, -0.1) is 11.3 Å². The minimum absolute atomic E-state index is 0.130. The van der Waals surface area contributed by atoms with Crippen LogP contribution in [0.1, 0.15) is 28.9 Å². The smallest absolute Gasteiger partial charge is 0.288 e. The first-order valence-corrected chi connectivity index (χ1v) is 6.42. The zero-order valence-corrected chi connectivity index (χ0v) is 10.5. The molecule has 0 spiro atoms. The van der Waals surface area contributed by atoms with Gasteiger partial charge >= 0.3 is 0 Å². The van der Waals surface area contributed by atoms with Gasteiger partial charge in [-0.3, -0.25) is 4.79 Å². The zero-order chi connectivity index (χ0) is 12.3. The highest BCUT2D eigenvalue weighted by Crippen LogP contribution is 2.31. The predicted octanol–water partition coefficient (Wildman–Crippen LogP) is 2.30. The van der Waals surface area contributed by atoms with Crippen LogP contribution in [0.3, 0.4) is 0 Å². The van der Waals surface area contributed by atoms with E-state index >= 15 is 0 Å². The van der Waals surface area contributed by atoms with Gasteiger partial charge in [0.15, 0.2) is 6.29 Å². The molecule has 1 atom stereocenters. The summed E-state index contributed by atoms with van der Waals surface area (Å²) in [6.45, 7) is 0.636. The molecule has 0 aromatic carbocycles. The second-order valence-electron chi connectivity index (χ2n) is 3.61. The third-order valence-electron chi connectivity index (χ3n) is 2.31. The van der Waals surface area contributed by atoms with Crippen molar-refractivity contribution >= 4 is 28.8 Å². The molecule has 1 aromatic rings. The van der Waals surface area contributed by atoms with Crippen molar-refractivity contribution in [2.45, 2.75) is 25.6 Å². The van der Waals surface area contributed by atoms with Crippen LogP contribution < -0.4 is 5.48 Å². The summed E-state index contributed by atoms with van der Waals surface area (Å²) >= 11 is 6.66. The molecule has 1 aliphatic rings. The van der Waals surface area contributed by atoms with E-state index < -0.39 is 12.2 Å². The molecule has 94 valence electrons. The van der Waals surface area contributed by atoms with Crippen molar-refractivity contribution in [3.05, 3.63) is 15.3 Å². The summed E-state index contributed by atoms with van der Waals surface area (Å²) in [6, 6.07) is 1.32. The Balaban J connectivity index is 1.86. The molecule has 1 saturated heterocycles. The molecule has 17 heavy (non-hydrogen) atoms. The lowest BCUT2D eigenvalue weighted by atomic mass is 10.2. The van der Waals surface area contributed by atoms with E-state index in [1.807, 2.05) is 0 Å². The number of hydrogen-bond acceptors (Lipinski definition) is 5. The lowest BCUT2D eigenvalue weighted by molar-refractivity contribution is -0.186. The van der Waals surface area contributed by atoms with Crippen molar-refractivity contribution in [1.82, 2.24) is 5.48 Å². The van der Waals surface area contributed by atoms with E-state index in [-0.39, 0.29) is 10.6 Å². The minimum atomic E-state index is -0.520. The van der Waals surface area contributed by atoms with Gasteiger partial charge in [0.05, 0.1) is 4.34 Å². The maximum Gasteiger partial charge on any atom is 0.288 e. The molecular formula is C10H12ClNO4S. The molecule has 2 rings (SSSR count). The van der Waals surface area contributed by atoms with E-state index in [1.165, 1.54) is 6.07 Å². The van der Waals surface area contributed by atoms with Crippen molar-refractivity contribution in [2.24, 2.45) is 0 Å². The van der Waals surface area contributed by atoms with Gasteiger partial charge in [0.1, 0.15) is 10.6 Å². The summed E-state index contributed by atoms with van der Waals surface area (Å²) in [5.41, 5.74) is 2.25. The van der Waals surface area contributed by atoms with E-state index in [4.69, 9.17) is 21.2 Å². The fourth-order valence-electron chi connectivity index (χ4n) is 1.48. The third-order valence-corrected chi connectivity index (χ3v) is 3.56. The molecule has 1 fully saturated rings. The first-order chi connectivity index (χ1) is 8.16. The Hall–Kier alpha value is -0.820. The summed E-state index contributed by atoms with van der Waals surface area (Å²) in [5, 5.41) is 9.42. The Morgan fingerprint density at radius 1 is 1.65 bits per heavy atom. The highest BCUT2D eigenvalue weighted by Gasteiger charge is 2.19. The van der Waals surface area contributed by atoms with Gasteiger partial charge in [-0.25, -0.2) is 10.3 Å². The SMILES string of the molecule is O=C(NOC1CCCCO1)c1sc(Cl)cc1O. The van der Waals surface area contributed by atoms with E-state index in [0.717, 1.165) is 30.6 Å². The topological polar surface area (TPSA) is 67.8 Å². The predicted molar refractivity (Wildman–Crippen MR) is 63.1 cm³/mol. The van der Waals surface area contributed by atoms with Crippen molar-refractivity contribution in [3.8, 4) is 5.75 Å². The summed E-state index contributed by atoms with van der Waals surface area (Å²) < 4.78 is 5.63. The number of hydrogen-bond donors (Lipinski definition) is 2. The summed E-state index contributed by atoms with van der Waals surface area (Å²) in [7, 11) is 0. The minimum Gasteiger partial charge on any atom is -0.506 e. The van der Waals surface area contributed by atoms with Gasteiger partial charge < -0.3 is 9.84 Å². The summed E-state index contributed by atoms with van der Waals surface area (Å²) in [5.74, 6) is -0.667. The summed E-state index contributed by atoms with van der Waals surface area (Å²) in [4.78, 5) is 16.8. The zero-order valence-electron chi connectivity index (χ0n) is 8.94. The Labute approximate surface area is 107 Å². The van der Waals surface area contributed by atoms with Gasteiger partial charge in [-0.2, -0.15) is 0 Å². The van der Waals surface area contributed by atoms with E-state index in [2.05, 4.69) is 5.48 Å². The van der Waals surface area contributed by atoms with E-state index in [1.54, 1.807) is 0 Å². The van der Waals surface area contributed by atoms with E-state index in [0.29, 0.717) is 10.9 Å². The monoisotopic (exact) mass is 277 g/mol. The van der Waals surface area contributed by atoms with Gasteiger partial charge in [-0.1, -0.05) is 11.6 Å². The van der Waals surface area contributed by atoms with Crippen LogP contribution >= 0.6 is 22.9 Å². The Kier molecular flexibility index (Phi) is 4.22. The molecular weight excluding hydrogens is 266 g/mol. The lowest BCUT2D eigenvalue weighted by Crippen LogP contribution is -2.32. The summed E-state index contributed by atoms with van der Waals surface area (Å²) in [6.07, 6.45) is 2.36. The number of thiophene rings is 1. The van der Waals surface area contributed by atoms with Gasteiger partial charge in [0.2, 0.25) is 0 Å². The number of aromatic hydroxyl groups is 1. The van der Waals surface area contributed by atoms with Crippen LogP contribution in [0.25, 0.3) is 0 Å². The number of carbonyl (C=O) groups is 1. The van der Waals surface area contributed by atoms with Crippen LogP contribution in [0.2, 0.25) is 4.34 Å². The Morgan fingerprint density at radius 3 is 3.06 bits per heavy atom. The molecule has 0 saturated carbocycles. The van der Waals surface area contributed by atoms with Crippen LogP contribution in [0.4, 0.5) is 0 Å². The molecule has 0 radical (unpaired) electrons. The molecule has 5 nitrogen and oxygen atoms in total. The fraction of sp³-hybridized carbons (Fsp3) is 0.500. The first-order valence-electron chi connectivity index (χ1n) is 5.22. The second-order valence-corrected chi connectivity index (χ2v) is 5.29. The quantitative estimate of drug-likeness (QED) is 0.832. The average Bonchev–Trinajstić information content (AvgIpc) is 2.67. The highest BCUT2D eigenvalue weighted by molar-refractivity contribution is 7.18. The van der Waals surface area contributed by atoms with E-state index in [9.17, 15) is 9.90 Å². The van der Waals surface area contributed by atoms with Gasteiger partial charge in [0.25, 0.3) is 5.91 Å². The largest absolute Gasteiger partial charge is 0.506 e. The van der Waals surface area contributed by atoms with Crippen LogP contribution in [0.15, 0.2) is 6.07 Å². The molecule has 1 aromatic heterocycles. The molecule has 7 heteroatoms. The molecule has 2 N–H and O–H groups in total. The number of hydroxylamine groups is 1. The molecule has 1 unspecified atom stereocenters. The van der Waals surface area contributed by atoms with Gasteiger partial charge in [0, 0.05) is 19.1 Å². The fourth-order valence-corrected chi connectivity index (χ4v) is 2.48. The van der Waals surface area contributed by atoms with Crippen LogP contribution in [-0.4, -0.2) is 23.9 Å². The molecule has 0 aliphatic carbocycles. The number of amides is 1. The maximum atomic E-state index is 11.6. The van der Waals surface area contributed by atoms with Crippen molar-refractivity contribution < 1.29 is 19.5 Å². The third kappa shape index (κ3) is 3.32. The molecule has 1 amide bonds. The second kappa shape index (κ2) is 5.68. The number of ether oxygens (including phenoxy) is 1. The average molecular weight is 278 g/mol. The first kappa shape index (κ1) is 12.6. The number of nitrogens with one attached hydrogen (secondary N) is 1. The number of rotatable bonds is 3. The molecule has 2 heterocycles. The lowest BCUT2D eigenvalue weighted by Gasteiger charge is -2.21. The Bertz CT molecular complexity index is 403. The number of carbonyl (C=O) groups excluding carboxylic acids is 1. The number of halogens is 1.